The lowest BCUT2D eigenvalue weighted by atomic mass is 10.2. The zero-order valence-corrected chi connectivity index (χ0v) is 12.5. The SMILES string of the molecule is CCCCc1nnc(NC(=O)CCc2ccsc2)s1. The van der Waals surface area contributed by atoms with Crippen LogP contribution in [0.2, 0.25) is 0 Å². The number of thiophene rings is 1. The summed E-state index contributed by atoms with van der Waals surface area (Å²) in [6, 6.07) is 2.05. The quantitative estimate of drug-likeness (QED) is 0.850. The van der Waals surface area contributed by atoms with Crippen molar-refractivity contribution in [1.82, 2.24) is 10.2 Å². The molecule has 0 spiro atoms. The summed E-state index contributed by atoms with van der Waals surface area (Å²) in [5.41, 5.74) is 1.21. The van der Waals surface area contributed by atoms with E-state index >= 15 is 0 Å². The average molecular weight is 295 g/mol. The van der Waals surface area contributed by atoms with E-state index in [9.17, 15) is 4.79 Å². The molecule has 0 bridgehead atoms. The third-order valence-corrected chi connectivity index (χ3v) is 4.31. The van der Waals surface area contributed by atoms with Gasteiger partial charge in [-0.1, -0.05) is 24.7 Å². The second-order valence-corrected chi connectivity index (χ2v) is 6.13. The third kappa shape index (κ3) is 4.72. The molecule has 2 rings (SSSR count). The summed E-state index contributed by atoms with van der Waals surface area (Å²) in [5.74, 6) is 0.00407. The van der Waals surface area contributed by atoms with Crippen molar-refractivity contribution in [3.05, 3.63) is 27.4 Å². The normalized spacial score (nSPS) is 10.6. The molecule has 0 aromatic carbocycles. The van der Waals surface area contributed by atoms with E-state index in [0.29, 0.717) is 11.6 Å². The smallest absolute Gasteiger partial charge is 0.226 e. The van der Waals surface area contributed by atoms with Crippen molar-refractivity contribution in [3.63, 3.8) is 0 Å². The summed E-state index contributed by atoms with van der Waals surface area (Å²) in [4.78, 5) is 11.8. The molecule has 0 aliphatic carbocycles. The summed E-state index contributed by atoms with van der Waals surface area (Å²) in [6.07, 6.45) is 4.46. The van der Waals surface area contributed by atoms with Gasteiger partial charge in [-0.15, -0.1) is 10.2 Å². The summed E-state index contributed by atoms with van der Waals surface area (Å²) in [7, 11) is 0. The van der Waals surface area contributed by atoms with E-state index in [1.807, 2.05) is 11.4 Å². The van der Waals surface area contributed by atoms with E-state index in [4.69, 9.17) is 0 Å². The van der Waals surface area contributed by atoms with Crippen molar-refractivity contribution in [2.24, 2.45) is 0 Å². The van der Waals surface area contributed by atoms with E-state index < -0.39 is 0 Å². The lowest BCUT2D eigenvalue weighted by Gasteiger charge is -1.99. The Bertz CT molecular complexity index is 508. The second kappa shape index (κ2) is 7.35. The molecular weight excluding hydrogens is 278 g/mol. The van der Waals surface area contributed by atoms with Crippen molar-refractivity contribution < 1.29 is 4.79 Å². The third-order valence-electron chi connectivity index (χ3n) is 2.68. The summed E-state index contributed by atoms with van der Waals surface area (Å²) in [6.45, 7) is 2.15. The van der Waals surface area contributed by atoms with Gasteiger partial charge in [-0.25, -0.2) is 0 Å². The molecule has 2 heterocycles. The van der Waals surface area contributed by atoms with Gasteiger partial charge in [0.2, 0.25) is 11.0 Å². The molecule has 1 N–H and O–H groups in total. The fourth-order valence-corrected chi connectivity index (χ4v) is 3.11. The van der Waals surface area contributed by atoms with Gasteiger partial charge in [-0.05, 0) is 35.2 Å². The number of aryl methyl sites for hydroxylation is 2. The molecule has 0 atom stereocenters. The van der Waals surface area contributed by atoms with Gasteiger partial charge >= 0.3 is 0 Å². The maximum atomic E-state index is 11.8. The molecule has 102 valence electrons. The van der Waals surface area contributed by atoms with Crippen LogP contribution in [0.5, 0.6) is 0 Å². The fourth-order valence-electron chi connectivity index (χ4n) is 1.61. The molecule has 0 aliphatic rings. The van der Waals surface area contributed by atoms with Crippen LogP contribution in [-0.2, 0) is 17.6 Å². The van der Waals surface area contributed by atoms with Crippen molar-refractivity contribution >= 4 is 33.7 Å². The van der Waals surface area contributed by atoms with Gasteiger partial charge in [0, 0.05) is 12.8 Å². The van der Waals surface area contributed by atoms with Gasteiger partial charge in [0.15, 0.2) is 0 Å². The van der Waals surface area contributed by atoms with Crippen LogP contribution in [-0.4, -0.2) is 16.1 Å². The molecule has 0 unspecified atom stereocenters. The maximum absolute atomic E-state index is 11.8. The first-order chi connectivity index (χ1) is 9.28. The van der Waals surface area contributed by atoms with Crippen LogP contribution in [0.3, 0.4) is 0 Å². The van der Waals surface area contributed by atoms with Crippen LogP contribution in [0.25, 0.3) is 0 Å². The Hall–Kier alpha value is -1.27. The molecule has 1 amide bonds. The van der Waals surface area contributed by atoms with Crippen LogP contribution in [0.1, 0.15) is 36.8 Å². The summed E-state index contributed by atoms with van der Waals surface area (Å²) < 4.78 is 0. The molecule has 2 aromatic heterocycles. The topological polar surface area (TPSA) is 54.9 Å². The molecule has 4 nitrogen and oxygen atoms in total. The van der Waals surface area contributed by atoms with Crippen LogP contribution in [0, 0.1) is 0 Å². The average Bonchev–Trinajstić information content (AvgIpc) is 3.05. The Labute approximate surface area is 120 Å². The number of hydrogen-bond acceptors (Lipinski definition) is 5. The fraction of sp³-hybridized carbons (Fsp3) is 0.462. The molecule has 0 aliphatic heterocycles. The minimum Gasteiger partial charge on any atom is -0.301 e. The molecule has 2 aromatic rings. The van der Waals surface area contributed by atoms with E-state index in [0.717, 1.165) is 30.7 Å². The monoisotopic (exact) mass is 295 g/mol. The number of amides is 1. The van der Waals surface area contributed by atoms with Crippen molar-refractivity contribution in [3.8, 4) is 0 Å². The number of nitrogens with one attached hydrogen (secondary N) is 1. The number of carbonyl (C=O) groups is 1. The molecular formula is C13H17N3OS2. The highest BCUT2D eigenvalue weighted by molar-refractivity contribution is 7.15. The first kappa shape index (κ1) is 14.1. The number of aromatic nitrogens is 2. The van der Waals surface area contributed by atoms with Crippen molar-refractivity contribution in [2.75, 3.05) is 5.32 Å². The zero-order chi connectivity index (χ0) is 13.5. The zero-order valence-electron chi connectivity index (χ0n) is 10.9. The van der Waals surface area contributed by atoms with E-state index in [1.54, 1.807) is 11.3 Å². The minimum atomic E-state index is 0.00407. The van der Waals surface area contributed by atoms with Gasteiger partial charge in [-0.3, -0.25) is 4.79 Å². The number of nitrogens with zero attached hydrogens (tertiary/aromatic N) is 2. The van der Waals surface area contributed by atoms with Crippen LogP contribution < -0.4 is 5.32 Å². The van der Waals surface area contributed by atoms with E-state index in [2.05, 4.69) is 27.8 Å². The molecule has 0 radical (unpaired) electrons. The van der Waals surface area contributed by atoms with Crippen molar-refractivity contribution in [2.45, 2.75) is 39.0 Å². The summed E-state index contributed by atoms with van der Waals surface area (Å²) in [5, 5.41) is 16.6. The predicted octanol–water partition coefficient (Wildman–Crippen LogP) is 3.51. The Morgan fingerprint density at radius 1 is 1.37 bits per heavy atom. The van der Waals surface area contributed by atoms with E-state index in [1.165, 1.54) is 16.9 Å². The molecule has 0 saturated carbocycles. The van der Waals surface area contributed by atoms with Gasteiger partial charge < -0.3 is 5.32 Å². The van der Waals surface area contributed by atoms with Gasteiger partial charge in [-0.2, -0.15) is 11.3 Å². The minimum absolute atomic E-state index is 0.00407. The lowest BCUT2D eigenvalue weighted by molar-refractivity contribution is -0.116. The molecule has 19 heavy (non-hydrogen) atoms. The first-order valence-corrected chi connectivity index (χ1v) is 8.17. The standard InChI is InChI=1S/C13H17N3OS2/c1-2-3-4-12-15-16-13(19-12)14-11(17)6-5-10-7-8-18-9-10/h7-9H,2-6H2,1H3,(H,14,16,17). The van der Waals surface area contributed by atoms with E-state index in [-0.39, 0.29) is 5.91 Å². The van der Waals surface area contributed by atoms with Gasteiger partial charge in [0.05, 0.1) is 0 Å². The lowest BCUT2D eigenvalue weighted by Crippen LogP contribution is -2.11. The Balaban J connectivity index is 1.76. The summed E-state index contributed by atoms with van der Waals surface area (Å²) >= 11 is 3.13. The first-order valence-electron chi connectivity index (χ1n) is 6.41. The van der Waals surface area contributed by atoms with Crippen LogP contribution in [0.15, 0.2) is 16.8 Å². The Morgan fingerprint density at radius 3 is 3.00 bits per heavy atom. The number of anilines is 1. The number of hydrogen-bond donors (Lipinski definition) is 1. The molecule has 0 fully saturated rings. The highest BCUT2D eigenvalue weighted by Crippen LogP contribution is 2.17. The number of unbranched alkanes of at least 4 members (excludes halogenated alkanes) is 1. The van der Waals surface area contributed by atoms with Crippen LogP contribution >= 0.6 is 22.7 Å². The predicted molar refractivity (Wildman–Crippen MR) is 79.8 cm³/mol. The van der Waals surface area contributed by atoms with Gasteiger partial charge in [0.1, 0.15) is 5.01 Å². The number of carbonyl (C=O) groups excluding carboxylic acids is 1. The van der Waals surface area contributed by atoms with Crippen LogP contribution in [0.4, 0.5) is 5.13 Å². The van der Waals surface area contributed by atoms with Crippen molar-refractivity contribution in [1.29, 1.82) is 0 Å². The maximum Gasteiger partial charge on any atom is 0.226 e. The largest absolute Gasteiger partial charge is 0.301 e. The van der Waals surface area contributed by atoms with Gasteiger partial charge in [0.25, 0.3) is 0 Å². The Kier molecular flexibility index (Phi) is 5.47. The second-order valence-electron chi connectivity index (χ2n) is 4.28. The number of rotatable bonds is 7. The molecule has 0 saturated heterocycles. The molecule has 6 heteroatoms. The Morgan fingerprint density at radius 2 is 2.26 bits per heavy atom. The highest BCUT2D eigenvalue weighted by atomic mass is 32.1. The highest BCUT2D eigenvalue weighted by Gasteiger charge is 2.08.